The highest BCUT2D eigenvalue weighted by Gasteiger charge is 2.01. The molecule has 0 rings (SSSR count). The van der Waals surface area contributed by atoms with Crippen LogP contribution in [0.3, 0.4) is 0 Å². The third-order valence-electron chi connectivity index (χ3n) is 2.79. The maximum Gasteiger partial charge on any atom is 0.219 e. The summed E-state index contributed by atoms with van der Waals surface area (Å²) in [4.78, 5) is 22.3. The molecule has 6 nitrogen and oxygen atoms in total. The van der Waals surface area contributed by atoms with Crippen LogP contribution >= 0.6 is 0 Å². The van der Waals surface area contributed by atoms with Crippen molar-refractivity contribution in [1.29, 1.82) is 0 Å². The average Bonchev–Trinajstić information content (AvgIpc) is 2.49. The van der Waals surface area contributed by atoms with Crippen LogP contribution in [-0.4, -0.2) is 39.0 Å². The van der Waals surface area contributed by atoms with Gasteiger partial charge in [0.2, 0.25) is 11.8 Å². The van der Waals surface area contributed by atoms with Gasteiger partial charge < -0.3 is 22.1 Å². The number of nitrogens with two attached hydrogens (primary N) is 2. The first-order valence-electron chi connectivity index (χ1n) is 7.45. The van der Waals surface area contributed by atoms with Crippen molar-refractivity contribution in [2.75, 3.05) is 27.2 Å². The first-order chi connectivity index (χ1) is 9.70. The van der Waals surface area contributed by atoms with E-state index in [2.05, 4.69) is 16.4 Å². The standard InChI is InChI=1S/C13H27N3O2.CH5N/c1-15-12(17)8-5-3-7-11-16-13(18)9-4-2-6-10-14;1-2/h2-11,14H2,1H3,(H,15,17)(H,16,18);2H2,1H3. The summed E-state index contributed by atoms with van der Waals surface area (Å²) >= 11 is 0. The molecule has 0 saturated heterocycles. The summed E-state index contributed by atoms with van der Waals surface area (Å²) in [6.07, 6.45) is 6.89. The van der Waals surface area contributed by atoms with Crippen LogP contribution in [0, 0.1) is 0 Å². The van der Waals surface area contributed by atoms with Gasteiger partial charge >= 0.3 is 0 Å². The Morgan fingerprint density at radius 3 is 1.95 bits per heavy atom. The average molecular weight is 288 g/mol. The largest absolute Gasteiger partial charge is 0.359 e. The van der Waals surface area contributed by atoms with Crippen molar-refractivity contribution >= 4 is 11.8 Å². The van der Waals surface area contributed by atoms with Gasteiger partial charge in [-0.05, 0) is 39.3 Å². The van der Waals surface area contributed by atoms with Crippen molar-refractivity contribution in [3.05, 3.63) is 0 Å². The molecule has 0 radical (unpaired) electrons. The highest BCUT2D eigenvalue weighted by Crippen LogP contribution is 2.00. The van der Waals surface area contributed by atoms with E-state index in [0.717, 1.165) is 38.5 Å². The molecule has 20 heavy (non-hydrogen) atoms. The molecule has 0 atom stereocenters. The lowest BCUT2D eigenvalue weighted by molar-refractivity contribution is -0.122. The minimum atomic E-state index is 0.0824. The molecule has 0 unspecified atom stereocenters. The normalized spacial score (nSPS) is 9.40. The summed E-state index contributed by atoms with van der Waals surface area (Å²) in [5, 5.41) is 5.48. The van der Waals surface area contributed by atoms with Crippen LogP contribution in [0.1, 0.15) is 51.4 Å². The van der Waals surface area contributed by atoms with Gasteiger partial charge in [-0.25, -0.2) is 0 Å². The zero-order valence-corrected chi connectivity index (χ0v) is 13.0. The highest BCUT2D eigenvalue weighted by molar-refractivity contribution is 5.76. The second-order valence-electron chi connectivity index (χ2n) is 4.43. The molecule has 0 saturated carbocycles. The number of hydrogen-bond donors (Lipinski definition) is 4. The summed E-state index contributed by atoms with van der Waals surface area (Å²) in [6, 6.07) is 0. The Bertz CT molecular complexity index is 235. The van der Waals surface area contributed by atoms with Crippen LogP contribution in [0.5, 0.6) is 0 Å². The van der Waals surface area contributed by atoms with Gasteiger partial charge in [-0.2, -0.15) is 0 Å². The zero-order valence-electron chi connectivity index (χ0n) is 13.0. The van der Waals surface area contributed by atoms with E-state index in [-0.39, 0.29) is 11.8 Å². The SMILES string of the molecule is CN.CNC(=O)CCCCCNC(=O)CCCCCN. The van der Waals surface area contributed by atoms with Crippen LogP contribution in [0.25, 0.3) is 0 Å². The van der Waals surface area contributed by atoms with Crippen LogP contribution in [-0.2, 0) is 9.59 Å². The van der Waals surface area contributed by atoms with E-state index in [1.54, 1.807) is 7.05 Å². The fourth-order valence-electron chi connectivity index (χ4n) is 1.64. The molecular formula is C14H32N4O2. The molecule has 0 heterocycles. The summed E-state index contributed by atoms with van der Waals surface area (Å²) < 4.78 is 0. The fraction of sp³-hybridized carbons (Fsp3) is 0.857. The van der Waals surface area contributed by atoms with E-state index in [1.807, 2.05) is 0 Å². The van der Waals surface area contributed by atoms with Gasteiger partial charge in [-0.3, -0.25) is 9.59 Å². The fourth-order valence-corrected chi connectivity index (χ4v) is 1.64. The van der Waals surface area contributed by atoms with Crippen molar-refractivity contribution in [2.45, 2.75) is 51.4 Å². The van der Waals surface area contributed by atoms with E-state index < -0.39 is 0 Å². The summed E-state index contributed by atoms with van der Waals surface area (Å²) in [7, 11) is 3.15. The quantitative estimate of drug-likeness (QED) is 0.415. The zero-order chi connectivity index (χ0) is 15.6. The first-order valence-corrected chi connectivity index (χ1v) is 7.45. The number of carbonyl (C=O) groups is 2. The third-order valence-corrected chi connectivity index (χ3v) is 2.79. The Balaban J connectivity index is 0. The van der Waals surface area contributed by atoms with Gasteiger partial charge in [0.05, 0.1) is 0 Å². The molecule has 0 aromatic heterocycles. The molecule has 6 heteroatoms. The van der Waals surface area contributed by atoms with Gasteiger partial charge in [-0.1, -0.05) is 12.8 Å². The second kappa shape index (κ2) is 17.9. The molecule has 0 aliphatic rings. The Morgan fingerprint density at radius 1 is 0.850 bits per heavy atom. The molecular weight excluding hydrogens is 256 g/mol. The van der Waals surface area contributed by atoms with Gasteiger partial charge in [0.1, 0.15) is 0 Å². The van der Waals surface area contributed by atoms with Gasteiger partial charge in [0.25, 0.3) is 0 Å². The Kier molecular flexibility index (Phi) is 18.9. The molecule has 0 aliphatic carbocycles. The van der Waals surface area contributed by atoms with Crippen molar-refractivity contribution in [1.82, 2.24) is 10.6 Å². The molecule has 0 aliphatic heterocycles. The number of unbranched alkanes of at least 4 members (excludes halogenated alkanes) is 4. The number of amides is 2. The second-order valence-corrected chi connectivity index (χ2v) is 4.43. The number of rotatable bonds is 11. The number of carbonyl (C=O) groups excluding carboxylic acids is 2. The lowest BCUT2D eigenvalue weighted by Crippen LogP contribution is -2.24. The predicted octanol–water partition coefficient (Wildman–Crippen LogP) is 0.503. The smallest absolute Gasteiger partial charge is 0.219 e. The van der Waals surface area contributed by atoms with E-state index >= 15 is 0 Å². The Labute approximate surface area is 123 Å². The molecule has 0 spiro atoms. The number of nitrogens with one attached hydrogen (secondary N) is 2. The maximum absolute atomic E-state index is 11.4. The van der Waals surface area contributed by atoms with Crippen molar-refractivity contribution < 1.29 is 9.59 Å². The molecule has 120 valence electrons. The maximum atomic E-state index is 11.4. The monoisotopic (exact) mass is 288 g/mol. The molecule has 0 aromatic rings. The minimum absolute atomic E-state index is 0.0824. The molecule has 0 aromatic carbocycles. The van der Waals surface area contributed by atoms with Gasteiger partial charge in [-0.15, -0.1) is 0 Å². The van der Waals surface area contributed by atoms with Gasteiger partial charge in [0.15, 0.2) is 0 Å². The highest BCUT2D eigenvalue weighted by atomic mass is 16.2. The summed E-state index contributed by atoms with van der Waals surface area (Å²) in [5.74, 6) is 0.206. The lowest BCUT2D eigenvalue weighted by Gasteiger charge is -2.05. The van der Waals surface area contributed by atoms with Crippen molar-refractivity contribution in [2.24, 2.45) is 11.5 Å². The van der Waals surface area contributed by atoms with Crippen LogP contribution < -0.4 is 22.1 Å². The van der Waals surface area contributed by atoms with Crippen LogP contribution in [0.4, 0.5) is 0 Å². The van der Waals surface area contributed by atoms with Crippen molar-refractivity contribution in [3.8, 4) is 0 Å². The molecule has 0 bridgehead atoms. The third kappa shape index (κ3) is 16.9. The van der Waals surface area contributed by atoms with Gasteiger partial charge in [0, 0.05) is 26.4 Å². The minimum Gasteiger partial charge on any atom is -0.359 e. The van der Waals surface area contributed by atoms with E-state index in [9.17, 15) is 9.59 Å². The van der Waals surface area contributed by atoms with E-state index in [0.29, 0.717) is 25.9 Å². The predicted molar refractivity (Wildman–Crippen MR) is 83.2 cm³/mol. The molecule has 0 fully saturated rings. The topological polar surface area (TPSA) is 110 Å². The molecule has 6 N–H and O–H groups in total. The van der Waals surface area contributed by atoms with Crippen molar-refractivity contribution in [3.63, 3.8) is 0 Å². The van der Waals surface area contributed by atoms with Crippen LogP contribution in [0.15, 0.2) is 0 Å². The molecule has 2 amide bonds. The van der Waals surface area contributed by atoms with Crippen LogP contribution in [0.2, 0.25) is 0 Å². The Hall–Kier alpha value is -1.14. The summed E-state index contributed by atoms with van der Waals surface area (Å²) in [5.41, 5.74) is 9.87. The summed E-state index contributed by atoms with van der Waals surface area (Å²) in [6.45, 7) is 1.41. The first kappa shape index (κ1) is 21.2. The van der Waals surface area contributed by atoms with E-state index in [1.165, 1.54) is 7.05 Å². The Morgan fingerprint density at radius 2 is 1.40 bits per heavy atom. The lowest BCUT2D eigenvalue weighted by atomic mass is 10.1. The van der Waals surface area contributed by atoms with E-state index in [4.69, 9.17) is 5.73 Å². The number of hydrogen-bond acceptors (Lipinski definition) is 4.